The van der Waals surface area contributed by atoms with E-state index in [-0.39, 0.29) is 16.2 Å². The molecular weight excluding hydrogens is 527 g/mol. The van der Waals surface area contributed by atoms with Gasteiger partial charge in [0.2, 0.25) is 0 Å². The Morgan fingerprint density at radius 2 is 1.68 bits per heavy atom. The van der Waals surface area contributed by atoms with Gasteiger partial charge in [0.05, 0.1) is 5.69 Å². The first-order chi connectivity index (χ1) is 14.8. The second-order valence-corrected chi connectivity index (χ2v) is 9.23. The van der Waals surface area contributed by atoms with Crippen LogP contribution < -0.4 is 9.50 Å². The van der Waals surface area contributed by atoms with Gasteiger partial charge < -0.3 is 9.50 Å². The molecule has 0 atom stereocenters. The molecule has 3 rings (SSSR count). The van der Waals surface area contributed by atoms with Gasteiger partial charge in [-0.3, -0.25) is 4.79 Å². The molecule has 3 aromatic carbocycles. The number of anilines is 1. The number of amides is 1. The van der Waals surface area contributed by atoms with E-state index in [0.717, 1.165) is 9.13 Å². The van der Waals surface area contributed by atoms with Crippen molar-refractivity contribution in [1.82, 2.24) is 0 Å². The molecule has 0 radical (unpaired) electrons. The molecule has 156 valence electrons. The third kappa shape index (κ3) is 5.93. The summed E-state index contributed by atoms with van der Waals surface area (Å²) in [6, 6.07) is 21.5. The topological polar surface area (TPSA) is 96.3 Å². The van der Waals surface area contributed by atoms with Gasteiger partial charge in [0.15, 0.2) is 0 Å². The van der Waals surface area contributed by atoms with Crippen molar-refractivity contribution < 1.29 is 17.4 Å². The molecule has 0 spiro atoms. The number of para-hydroxylation sites is 1. The van der Waals surface area contributed by atoms with E-state index < -0.39 is 16.0 Å². The maximum Gasteiger partial charge on any atom is 0.339 e. The molecule has 0 saturated heterocycles. The van der Waals surface area contributed by atoms with Gasteiger partial charge in [0, 0.05) is 3.57 Å². The van der Waals surface area contributed by atoms with Gasteiger partial charge in [-0.1, -0.05) is 42.0 Å². The van der Waals surface area contributed by atoms with Crippen LogP contribution in [0.25, 0.3) is 6.08 Å². The normalized spacial score (nSPS) is 11.5. The minimum Gasteiger partial charge on any atom is -0.379 e. The zero-order valence-corrected chi connectivity index (χ0v) is 19.3. The number of nitriles is 1. The number of nitrogens with zero attached hydrogens (tertiary/aromatic N) is 1. The van der Waals surface area contributed by atoms with Gasteiger partial charge in [-0.25, -0.2) is 0 Å². The zero-order valence-electron chi connectivity index (χ0n) is 16.4. The smallest absolute Gasteiger partial charge is 0.339 e. The van der Waals surface area contributed by atoms with E-state index in [1.54, 1.807) is 36.4 Å². The molecule has 0 aromatic heterocycles. The molecule has 0 aliphatic carbocycles. The third-order valence-electron chi connectivity index (χ3n) is 4.19. The summed E-state index contributed by atoms with van der Waals surface area (Å²) in [6.45, 7) is 1.86. The van der Waals surface area contributed by atoms with Gasteiger partial charge >= 0.3 is 10.1 Å². The first kappa shape index (κ1) is 22.5. The number of halogens is 1. The van der Waals surface area contributed by atoms with Crippen LogP contribution in [0.15, 0.2) is 83.3 Å². The first-order valence-corrected chi connectivity index (χ1v) is 11.6. The monoisotopic (exact) mass is 544 g/mol. The molecule has 0 heterocycles. The standard InChI is InChI=1S/C23H17IN2O4S/c1-16-6-12-20(13-7-16)31(28,29)30-19-10-8-17(9-11-19)14-18(15-25)23(27)26-22-5-3-2-4-21(22)24/h2-14H,1H3,(H,26,27)/b18-14-. The number of hydrogen-bond donors (Lipinski definition) is 1. The molecule has 0 fully saturated rings. The van der Waals surface area contributed by atoms with Crippen LogP contribution in [0.4, 0.5) is 5.69 Å². The van der Waals surface area contributed by atoms with Gasteiger partial charge in [-0.05, 0) is 77.6 Å². The largest absolute Gasteiger partial charge is 0.379 e. The van der Waals surface area contributed by atoms with Crippen molar-refractivity contribution in [3.8, 4) is 11.8 Å². The lowest BCUT2D eigenvalue weighted by molar-refractivity contribution is -0.112. The molecule has 0 bridgehead atoms. The summed E-state index contributed by atoms with van der Waals surface area (Å²) >= 11 is 2.09. The molecule has 1 N–H and O–H groups in total. The highest BCUT2D eigenvalue weighted by atomic mass is 127. The van der Waals surface area contributed by atoms with Crippen molar-refractivity contribution in [2.75, 3.05) is 5.32 Å². The van der Waals surface area contributed by atoms with Crippen LogP contribution in [0.1, 0.15) is 11.1 Å². The summed E-state index contributed by atoms with van der Waals surface area (Å²) in [5, 5.41) is 12.1. The predicted octanol–water partition coefficient (Wildman–Crippen LogP) is 4.91. The summed E-state index contributed by atoms with van der Waals surface area (Å²) in [7, 11) is -3.96. The van der Waals surface area contributed by atoms with Crippen molar-refractivity contribution >= 4 is 50.4 Å². The van der Waals surface area contributed by atoms with Crippen LogP contribution in [-0.4, -0.2) is 14.3 Å². The molecule has 6 nitrogen and oxygen atoms in total. The highest BCUT2D eigenvalue weighted by Gasteiger charge is 2.16. The molecule has 3 aromatic rings. The van der Waals surface area contributed by atoms with Gasteiger partial charge in [0.1, 0.15) is 22.3 Å². The van der Waals surface area contributed by atoms with Crippen molar-refractivity contribution in [1.29, 1.82) is 5.26 Å². The van der Waals surface area contributed by atoms with E-state index >= 15 is 0 Å². The molecule has 31 heavy (non-hydrogen) atoms. The fraction of sp³-hybridized carbons (Fsp3) is 0.0435. The van der Waals surface area contributed by atoms with Crippen LogP contribution in [-0.2, 0) is 14.9 Å². The van der Waals surface area contributed by atoms with Crippen LogP contribution in [0, 0.1) is 21.8 Å². The Morgan fingerprint density at radius 1 is 1.03 bits per heavy atom. The molecule has 0 aliphatic rings. The van der Waals surface area contributed by atoms with Crippen molar-refractivity contribution in [3.63, 3.8) is 0 Å². The maximum absolute atomic E-state index is 12.4. The minimum absolute atomic E-state index is 0.0565. The van der Waals surface area contributed by atoms with Crippen molar-refractivity contribution in [3.05, 3.63) is 93.1 Å². The molecule has 1 amide bonds. The Kier molecular flexibility index (Phi) is 7.09. The Hall–Kier alpha value is -3.16. The predicted molar refractivity (Wildman–Crippen MR) is 127 cm³/mol. The Labute approximate surface area is 194 Å². The highest BCUT2D eigenvalue weighted by molar-refractivity contribution is 14.1. The molecule has 8 heteroatoms. The summed E-state index contributed by atoms with van der Waals surface area (Å²) < 4.78 is 30.8. The number of benzene rings is 3. The summed E-state index contributed by atoms with van der Waals surface area (Å²) in [5.74, 6) is -0.409. The SMILES string of the molecule is Cc1ccc(S(=O)(=O)Oc2ccc(/C=C(/C#N)C(=O)Nc3ccccc3I)cc2)cc1. The number of carbonyl (C=O) groups is 1. The Bertz CT molecular complexity index is 1280. The minimum atomic E-state index is -3.96. The second-order valence-electron chi connectivity index (χ2n) is 6.52. The van der Waals surface area contributed by atoms with E-state index in [2.05, 4.69) is 27.9 Å². The summed E-state index contributed by atoms with van der Waals surface area (Å²) in [6.07, 6.45) is 1.42. The molecular formula is C23H17IN2O4S. The average Bonchev–Trinajstić information content (AvgIpc) is 2.75. The van der Waals surface area contributed by atoms with Crippen LogP contribution in [0.5, 0.6) is 5.75 Å². The maximum atomic E-state index is 12.4. The third-order valence-corrected chi connectivity index (χ3v) is 6.40. The molecule has 0 unspecified atom stereocenters. The highest BCUT2D eigenvalue weighted by Crippen LogP contribution is 2.21. The van der Waals surface area contributed by atoms with E-state index in [9.17, 15) is 18.5 Å². The fourth-order valence-corrected chi connectivity index (χ4v) is 4.02. The van der Waals surface area contributed by atoms with Crippen molar-refractivity contribution in [2.24, 2.45) is 0 Å². The van der Waals surface area contributed by atoms with Crippen LogP contribution in [0.3, 0.4) is 0 Å². The lowest BCUT2D eigenvalue weighted by Crippen LogP contribution is -2.14. The summed E-state index contributed by atoms with van der Waals surface area (Å²) in [4.78, 5) is 12.5. The van der Waals surface area contributed by atoms with E-state index in [0.29, 0.717) is 11.3 Å². The van der Waals surface area contributed by atoms with Crippen LogP contribution >= 0.6 is 22.6 Å². The quantitative estimate of drug-likeness (QED) is 0.206. The fourth-order valence-electron chi connectivity index (χ4n) is 2.57. The number of aryl methyl sites for hydroxylation is 1. The number of nitrogens with one attached hydrogen (secondary N) is 1. The van der Waals surface area contributed by atoms with Gasteiger partial charge in [-0.2, -0.15) is 13.7 Å². The van der Waals surface area contributed by atoms with Crippen molar-refractivity contribution in [2.45, 2.75) is 11.8 Å². The number of carbonyl (C=O) groups excluding carboxylic acids is 1. The average molecular weight is 544 g/mol. The van der Waals surface area contributed by atoms with Gasteiger partial charge in [-0.15, -0.1) is 0 Å². The molecule has 0 aliphatic heterocycles. The Balaban J connectivity index is 1.74. The first-order valence-electron chi connectivity index (χ1n) is 9.07. The number of hydrogen-bond acceptors (Lipinski definition) is 5. The van der Waals surface area contributed by atoms with E-state index in [1.165, 1.54) is 30.3 Å². The lowest BCUT2D eigenvalue weighted by atomic mass is 10.1. The molecule has 0 saturated carbocycles. The van der Waals surface area contributed by atoms with Crippen LogP contribution in [0.2, 0.25) is 0 Å². The zero-order chi connectivity index (χ0) is 22.4. The Morgan fingerprint density at radius 3 is 2.29 bits per heavy atom. The second kappa shape index (κ2) is 9.76. The van der Waals surface area contributed by atoms with Gasteiger partial charge in [0.25, 0.3) is 5.91 Å². The van der Waals surface area contributed by atoms with E-state index in [4.69, 9.17) is 4.18 Å². The van der Waals surface area contributed by atoms with E-state index in [1.807, 2.05) is 25.1 Å². The number of rotatable bonds is 6. The lowest BCUT2D eigenvalue weighted by Gasteiger charge is -2.08. The summed E-state index contributed by atoms with van der Waals surface area (Å²) in [5.41, 5.74) is 2.02.